The van der Waals surface area contributed by atoms with Gasteiger partial charge in [-0.3, -0.25) is 0 Å². The summed E-state index contributed by atoms with van der Waals surface area (Å²) in [5.41, 5.74) is 2.31. The fourth-order valence-electron chi connectivity index (χ4n) is 2.76. The Balaban J connectivity index is 1.88. The van der Waals surface area contributed by atoms with Crippen LogP contribution in [0.25, 0.3) is 11.3 Å². The van der Waals surface area contributed by atoms with Crippen LogP contribution in [0.2, 0.25) is 0 Å². The Morgan fingerprint density at radius 1 is 0.889 bits per heavy atom. The van der Waals surface area contributed by atoms with Crippen molar-refractivity contribution >= 4 is 0 Å². The molecule has 0 unspecified atom stereocenters. The van der Waals surface area contributed by atoms with Gasteiger partial charge in [0.25, 0.3) is 0 Å². The van der Waals surface area contributed by atoms with Crippen LogP contribution in [0.4, 0.5) is 0 Å². The van der Waals surface area contributed by atoms with Gasteiger partial charge in [-0.05, 0) is 29.8 Å². The summed E-state index contributed by atoms with van der Waals surface area (Å²) in [6.45, 7) is 0.453. The van der Waals surface area contributed by atoms with Crippen LogP contribution in [0, 0.1) is 0 Å². The fourth-order valence-corrected chi connectivity index (χ4v) is 2.76. The highest BCUT2D eigenvalue weighted by molar-refractivity contribution is 5.68. The lowest BCUT2D eigenvalue weighted by Crippen LogP contribution is -2.00. The van der Waals surface area contributed by atoms with Gasteiger partial charge >= 0.3 is 0 Å². The smallest absolute Gasteiger partial charge is 0.203 e. The number of hydrogen-bond donors (Lipinski definition) is 1. The van der Waals surface area contributed by atoms with Gasteiger partial charge in [0.2, 0.25) is 5.75 Å². The topological polar surface area (TPSA) is 87.9 Å². The summed E-state index contributed by atoms with van der Waals surface area (Å²) in [4.78, 5) is 0. The van der Waals surface area contributed by atoms with Crippen molar-refractivity contribution in [3.63, 3.8) is 0 Å². The summed E-state index contributed by atoms with van der Waals surface area (Å²) in [7, 11) is 6.19. The van der Waals surface area contributed by atoms with Gasteiger partial charge in [-0.15, -0.1) is 5.10 Å². The molecule has 0 aliphatic carbocycles. The first kappa shape index (κ1) is 18.4. The average Bonchev–Trinajstić information content (AvgIpc) is 3.15. The Kier molecular flexibility index (Phi) is 5.35. The maximum Gasteiger partial charge on any atom is 0.203 e. The van der Waals surface area contributed by atoms with Crippen molar-refractivity contribution in [2.75, 3.05) is 28.4 Å². The van der Waals surface area contributed by atoms with Gasteiger partial charge in [0.1, 0.15) is 5.69 Å². The van der Waals surface area contributed by atoms with E-state index in [0.717, 1.165) is 11.1 Å². The molecule has 0 spiro atoms. The molecular formula is C19H21N3O5. The first-order valence-electron chi connectivity index (χ1n) is 8.16. The molecule has 1 N–H and O–H groups in total. The molecule has 0 aliphatic heterocycles. The molecule has 0 saturated carbocycles. The van der Waals surface area contributed by atoms with Crippen LogP contribution in [0.15, 0.2) is 36.5 Å². The first-order chi connectivity index (χ1) is 13.1. The van der Waals surface area contributed by atoms with Crippen LogP contribution < -0.4 is 18.9 Å². The third-order valence-electron chi connectivity index (χ3n) is 4.09. The van der Waals surface area contributed by atoms with E-state index in [1.165, 1.54) is 7.11 Å². The largest absolute Gasteiger partial charge is 0.504 e. The summed E-state index contributed by atoms with van der Waals surface area (Å²) >= 11 is 0. The molecule has 3 aromatic rings. The second-order valence-electron chi connectivity index (χ2n) is 5.72. The van der Waals surface area contributed by atoms with Gasteiger partial charge in [0.15, 0.2) is 23.0 Å². The van der Waals surface area contributed by atoms with Gasteiger partial charge in [0, 0.05) is 5.56 Å². The normalized spacial score (nSPS) is 10.5. The van der Waals surface area contributed by atoms with E-state index in [9.17, 15) is 5.11 Å². The number of phenols is 1. The molecule has 0 saturated heterocycles. The highest BCUT2D eigenvalue weighted by Crippen LogP contribution is 2.40. The standard InChI is InChI=1S/C19H21N3O5/c1-24-16-6-5-12(7-15(16)23)10-22-11-14(20-21-22)13-8-17(25-2)19(27-4)18(9-13)26-3/h5-9,11,23H,10H2,1-4H3. The fraction of sp³-hybridized carbons (Fsp3) is 0.263. The monoisotopic (exact) mass is 371 g/mol. The lowest BCUT2D eigenvalue weighted by molar-refractivity contribution is 0.324. The van der Waals surface area contributed by atoms with E-state index in [2.05, 4.69) is 10.3 Å². The van der Waals surface area contributed by atoms with Crippen LogP contribution in [0.1, 0.15) is 5.56 Å². The molecule has 1 heterocycles. The van der Waals surface area contributed by atoms with Gasteiger partial charge in [-0.25, -0.2) is 4.68 Å². The number of phenolic OH excluding ortho intramolecular Hbond substituents is 1. The number of ether oxygens (including phenoxy) is 4. The molecule has 142 valence electrons. The van der Waals surface area contributed by atoms with Crippen molar-refractivity contribution in [1.29, 1.82) is 0 Å². The van der Waals surface area contributed by atoms with Gasteiger partial charge in [-0.1, -0.05) is 11.3 Å². The van der Waals surface area contributed by atoms with Crippen LogP contribution in [-0.2, 0) is 6.54 Å². The van der Waals surface area contributed by atoms with Crippen molar-refractivity contribution in [1.82, 2.24) is 15.0 Å². The number of nitrogens with zero attached hydrogens (tertiary/aromatic N) is 3. The minimum Gasteiger partial charge on any atom is -0.504 e. The molecule has 0 aliphatic rings. The maximum atomic E-state index is 9.91. The van der Waals surface area contributed by atoms with Crippen molar-refractivity contribution < 1.29 is 24.1 Å². The Hall–Kier alpha value is -3.42. The predicted molar refractivity (Wildman–Crippen MR) is 98.9 cm³/mol. The van der Waals surface area contributed by atoms with Crippen LogP contribution >= 0.6 is 0 Å². The van der Waals surface area contributed by atoms with Crippen LogP contribution in [0.5, 0.6) is 28.7 Å². The minimum atomic E-state index is 0.0833. The van der Waals surface area contributed by atoms with Crippen LogP contribution in [-0.4, -0.2) is 48.5 Å². The lowest BCUT2D eigenvalue weighted by Gasteiger charge is -2.13. The van der Waals surface area contributed by atoms with Gasteiger partial charge < -0.3 is 24.1 Å². The van der Waals surface area contributed by atoms with E-state index in [4.69, 9.17) is 18.9 Å². The number of aromatic nitrogens is 3. The second kappa shape index (κ2) is 7.86. The molecule has 0 fully saturated rings. The van der Waals surface area contributed by atoms with Crippen LogP contribution in [0.3, 0.4) is 0 Å². The summed E-state index contributed by atoms with van der Waals surface area (Å²) in [5.74, 6) is 2.11. The zero-order valence-electron chi connectivity index (χ0n) is 15.6. The second-order valence-corrected chi connectivity index (χ2v) is 5.72. The summed E-state index contributed by atoms with van der Waals surface area (Å²) in [5, 5.41) is 18.3. The highest BCUT2D eigenvalue weighted by atomic mass is 16.5. The summed E-state index contributed by atoms with van der Waals surface area (Å²) in [6, 6.07) is 8.84. The van der Waals surface area contributed by atoms with E-state index in [1.54, 1.807) is 38.1 Å². The molecule has 8 nitrogen and oxygen atoms in total. The summed E-state index contributed by atoms with van der Waals surface area (Å²) < 4.78 is 22.8. The molecule has 0 amide bonds. The van der Waals surface area contributed by atoms with Crippen molar-refractivity contribution in [2.24, 2.45) is 0 Å². The zero-order valence-corrected chi connectivity index (χ0v) is 15.6. The van der Waals surface area contributed by atoms with Crippen molar-refractivity contribution in [3.05, 3.63) is 42.1 Å². The molecule has 3 rings (SSSR count). The molecular weight excluding hydrogens is 350 g/mol. The van der Waals surface area contributed by atoms with E-state index in [0.29, 0.717) is 35.2 Å². The third kappa shape index (κ3) is 3.74. The van der Waals surface area contributed by atoms with Crippen molar-refractivity contribution in [3.8, 4) is 40.0 Å². The van der Waals surface area contributed by atoms with E-state index < -0.39 is 0 Å². The van der Waals surface area contributed by atoms with E-state index in [-0.39, 0.29) is 5.75 Å². The Bertz CT molecular complexity index is 914. The average molecular weight is 371 g/mol. The minimum absolute atomic E-state index is 0.0833. The summed E-state index contributed by atoms with van der Waals surface area (Å²) in [6.07, 6.45) is 1.81. The Labute approximate surface area is 156 Å². The van der Waals surface area contributed by atoms with E-state index in [1.807, 2.05) is 24.4 Å². The SMILES string of the molecule is COc1ccc(Cn2cc(-c3cc(OC)c(OC)c(OC)c3)nn2)cc1O. The quantitative estimate of drug-likeness (QED) is 0.683. The van der Waals surface area contributed by atoms with Gasteiger partial charge in [0.05, 0.1) is 41.2 Å². The first-order valence-corrected chi connectivity index (χ1v) is 8.16. The molecule has 0 atom stereocenters. The molecule has 0 bridgehead atoms. The molecule has 1 aromatic heterocycles. The molecule has 27 heavy (non-hydrogen) atoms. The maximum absolute atomic E-state index is 9.91. The molecule has 8 heteroatoms. The predicted octanol–water partition coefficient (Wildman–Crippen LogP) is 2.73. The highest BCUT2D eigenvalue weighted by Gasteiger charge is 2.16. The molecule has 0 radical (unpaired) electrons. The third-order valence-corrected chi connectivity index (χ3v) is 4.09. The molecule has 2 aromatic carbocycles. The van der Waals surface area contributed by atoms with Gasteiger partial charge in [-0.2, -0.15) is 0 Å². The number of aromatic hydroxyl groups is 1. The lowest BCUT2D eigenvalue weighted by atomic mass is 10.1. The number of hydrogen-bond acceptors (Lipinski definition) is 7. The Morgan fingerprint density at radius 2 is 1.56 bits per heavy atom. The van der Waals surface area contributed by atoms with E-state index >= 15 is 0 Å². The number of rotatable bonds is 7. The Morgan fingerprint density at radius 3 is 2.11 bits per heavy atom. The number of benzene rings is 2. The van der Waals surface area contributed by atoms with Crippen molar-refractivity contribution in [2.45, 2.75) is 6.54 Å². The number of methoxy groups -OCH3 is 4. The zero-order chi connectivity index (χ0) is 19.4.